The summed E-state index contributed by atoms with van der Waals surface area (Å²) < 4.78 is 33.9. The second kappa shape index (κ2) is 33.7. The summed E-state index contributed by atoms with van der Waals surface area (Å²) in [4.78, 5) is 13.1. The maximum atomic E-state index is 13.1. The van der Waals surface area contributed by atoms with Crippen LogP contribution in [0.5, 0.6) is 0 Å². The van der Waals surface area contributed by atoms with E-state index in [1.165, 1.54) is 6.42 Å². The lowest BCUT2D eigenvalue weighted by Gasteiger charge is -2.48. The van der Waals surface area contributed by atoms with Gasteiger partial charge in [-0.25, -0.2) is 0 Å². The fraction of sp³-hybridized carbons (Fsp3) is 0.735. The van der Waals surface area contributed by atoms with Crippen LogP contribution < -0.4 is 5.32 Å². The van der Waals surface area contributed by atoms with Crippen molar-refractivity contribution in [2.24, 2.45) is 0 Å². The number of hydrogen-bond donors (Lipinski definition) is 12. The van der Waals surface area contributed by atoms with Crippen molar-refractivity contribution in [1.82, 2.24) is 5.32 Å². The van der Waals surface area contributed by atoms with Gasteiger partial charge in [-0.05, 0) is 44.9 Å². The van der Waals surface area contributed by atoms with Gasteiger partial charge in [0.1, 0.15) is 73.2 Å². The molecule has 3 heterocycles. The Kier molecular flexibility index (Phi) is 29.5. The molecule has 1 amide bonds. The van der Waals surface area contributed by atoms with Crippen LogP contribution in [-0.4, -0.2) is 193 Å². The molecule has 3 fully saturated rings. The Labute approximate surface area is 400 Å². The molecule has 3 aliphatic heterocycles. The van der Waals surface area contributed by atoms with E-state index in [-0.39, 0.29) is 6.42 Å². The highest BCUT2D eigenvalue weighted by Gasteiger charge is 2.53. The number of ether oxygens (including phenoxy) is 6. The molecule has 3 aliphatic rings. The van der Waals surface area contributed by atoms with Gasteiger partial charge in [0.2, 0.25) is 5.91 Å². The van der Waals surface area contributed by atoms with E-state index in [0.29, 0.717) is 12.8 Å². The molecule has 68 heavy (non-hydrogen) atoms. The van der Waals surface area contributed by atoms with Crippen molar-refractivity contribution in [3.63, 3.8) is 0 Å². The maximum Gasteiger partial charge on any atom is 0.224 e. The van der Waals surface area contributed by atoms with Gasteiger partial charge in [0.15, 0.2) is 18.9 Å². The lowest BCUT2D eigenvalue weighted by Crippen LogP contribution is -2.66. The monoisotopic (exact) mass is 972 g/mol. The molecule has 0 aromatic rings. The van der Waals surface area contributed by atoms with Crippen LogP contribution in [0, 0.1) is 0 Å². The van der Waals surface area contributed by atoms with Crippen LogP contribution in [0.4, 0.5) is 0 Å². The first kappa shape index (κ1) is 59.5. The molecule has 0 radical (unpaired) electrons. The highest BCUT2D eigenvalue weighted by molar-refractivity contribution is 5.77. The summed E-state index contributed by atoms with van der Waals surface area (Å²) >= 11 is 0. The first-order valence-corrected chi connectivity index (χ1v) is 24.2. The Morgan fingerprint density at radius 2 is 1.00 bits per heavy atom. The predicted octanol–water partition coefficient (Wildman–Crippen LogP) is 0.745. The summed E-state index contributed by atoms with van der Waals surface area (Å²) in [6.07, 6.45) is 8.26. The lowest BCUT2D eigenvalue weighted by atomic mass is 9.96. The van der Waals surface area contributed by atoms with E-state index in [0.717, 1.165) is 57.8 Å². The predicted molar refractivity (Wildman–Crippen MR) is 249 cm³/mol. The molecule has 19 nitrogen and oxygen atoms in total. The third kappa shape index (κ3) is 19.8. The number of aliphatic hydroxyl groups is 11. The standard InChI is InChI=1S/C49H81NO18/c1-3-5-7-9-11-13-14-15-16-17-18-19-21-23-25-27-37(55)50-32(33(54)26-24-22-20-12-10-8-6-4-2)31-63-47-43(61)40(58)45(35(29-52)65-47)68-49-44(62)41(59)46(36(30-53)66-49)67-48-42(60)39(57)38(56)34(28-51)64-48/h5,7,11,13,15-16,18-19,23-26,32-36,38-49,51-54,56-62H,3-4,6,8-10,12,14,17,20-22,27-31H2,1-2H3,(H,50,55)/b7-5-,13-11-,16-15-,19-18-,25-23-,26-24+. The Bertz CT molecular complexity index is 1540. The minimum absolute atomic E-state index is 0.00658. The molecule has 3 saturated heterocycles. The van der Waals surface area contributed by atoms with Crippen molar-refractivity contribution in [2.75, 3.05) is 26.4 Å². The molecule has 0 bridgehead atoms. The fourth-order valence-corrected chi connectivity index (χ4v) is 7.72. The summed E-state index contributed by atoms with van der Waals surface area (Å²) in [7, 11) is 0. The fourth-order valence-electron chi connectivity index (χ4n) is 7.72. The SMILES string of the molecule is CC/C=C\C/C=C\C/C=C\C/C=C\C/C=C\CC(=O)NC(COC1OC(CO)C(OC2OC(CO)C(OC3OC(CO)C(O)C(O)C3O)C(O)C2O)C(O)C1O)C(O)/C=C/CCCCCCCC. The van der Waals surface area contributed by atoms with Gasteiger partial charge in [0.25, 0.3) is 0 Å². The van der Waals surface area contributed by atoms with Gasteiger partial charge >= 0.3 is 0 Å². The van der Waals surface area contributed by atoms with Crippen molar-refractivity contribution < 1.29 is 89.4 Å². The van der Waals surface area contributed by atoms with Crippen LogP contribution in [0.2, 0.25) is 0 Å². The lowest BCUT2D eigenvalue weighted by molar-refractivity contribution is -0.379. The third-order valence-electron chi connectivity index (χ3n) is 11.8. The minimum atomic E-state index is -1.99. The Hall–Kier alpha value is -2.77. The van der Waals surface area contributed by atoms with Crippen LogP contribution in [0.25, 0.3) is 0 Å². The van der Waals surface area contributed by atoms with Crippen LogP contribution in [0.15, 0.2) is 72.9 Å². The maximum absolute atomic E-state index is 13.1. The average Bonchev–Trinajstić information content (AvgIpc) is 3.33. The number of amides is 1. The zero-order valence-corrected chi connectivity index (χ0v) is 39.5. The molecular weight excluding hydrogens is 891 g/mol. The van der Waals surface area contributed by atoms with Crippen molar-refractivity contribution in [3.8, 4) is 0 Å². The van der Waals surface area contributed by atoms with Crippen LogP contribution >= 0.6 is 0 Å². The first-order chi connectivity index (χ1) is 32.8. The summed E-state index contributed by atoms with van der Waals surface area (Å²) in [6.45, 7) is 1.41. The number of aliphatic hydroxyl groups excluding tert-OH is 11. The van der Waals surface area contributed by atoms with Crippen LogP contribution in [0.1, 0.15) is 97.3 Å². The van der Waals surface area contributed by atoms with Gasteiger partial charge < -0.3 is 89.9 Å². The Morgan fingerprint density at radius 1 is 0.544 bits per heavy atom. The van der Waals surface area contributed by atoms with Crippen molar-refractivity contribution in [2.45, 2.75) is 202 Å². The number of unbranched alkanes of at least 4 members (excludes halogenated alkanes) is 6. The molecule has 0 aromatic heterocycles. The van der Waals surface area contributed by atoms with E-state index in [9.17, 15) is 61.0 Å². The molecule has 0 aliphatic carbocycles. The largest absolute Gasteiger partial charge is 0.394 e. The average molecular weight is 972 g/mol. The van der Waals surface area contributed by atoms with Crippen molar-refractivity contribution >= 4 is 5.91 Å². The molecule has 390 valence electrons. The molecule has 12 N–H and O–H groups in total. The Balaban J connectivity index is 1.60. The first-order valence-electron chi connectivity index (χ1n) is 24.2. The molecule has 3 rings (SSSR count). The van der Waals surface area contributed by atoms with E-state index in [1.807, 2.05) is 24.3 Å². The topological polar surface area (TPSA) is 307 Å². The molecule has 17 unspecified atom stereocenters. The summed E-state index contributed by atoms with van der Waals surface area (Å²) in [5.41, 5.74) is 0. The van der Waals surface area contributed by atoms with E-state index >= 15 is 0 Å². The summed E-state index contributed by atoms with van der Waals surface area (Å²) in [5.74, 6) is -0.412. The zero-order chi connectivity index (χ0) is 49.8. The van der Waals surface area contributed by atoms with Crippen molar-refractivity contribution in [3.05, 3.63) is 72.9 Å². The number of nitrogens with one attached hydrogen (secondary N) is 1. The Morgan fingerprint density at radius 3 is 1.53 bits per heavy atom. The molecule has 0 aromatic carbocycles. The van der Waals surface area contributed by atoms with Gasteiger partial charge in [-0.1, -0.05) is 119 Å². The quantitative estimate of drug-likeness (QED) is 0.0337. The molecule has 17 atom stereocenters. The van der Waals surface area contributed by atoms with E-state index < -0.39 is 137 Å². The number of allylic oxidation sites excluding steroid dienone is 10. The van der Waals surface area contributed by atoms with Crippen LogP contribution in [0.3, 0.4) is 0 Å². The van der Waals surface area contributed by atoms with Gasteiger partial charge in [0.05, 0.1) is 38.6 Å². The summed E-state index contributed by atoms with van der Waals surface area (Å²) in [5, 5.41) is 119. The van der Waals surface area contributed by atoms with Gasteiger partial charge in [0, 0.05) is 6.42 Å². The molecule has 19 heteroatoms. The smallest absolute Gasteiger partial charge is 0.224 e. The second-order valence-electron chi connectivity index (χ2n) is 17.2. The molecule has 0 spiro atoms. The van der Waals surface area contributed by atoms with Crippen molar-refractivity contribution in [1.29, 1.82) is 0 Å². The normalized spacial score (nSPS) is 33.8. The number of hydrogen-bond acceptors (Lipinski definition) is 18. The van der Waals surface area contributed by atoms with Gasteiger partial charge in [-0.3, -0.25) is 4.79 Å². The molecule has 0 saturated carbocycles. The summed E-state index contributed by atoms with van der Waals surface area (Å²) in [6, 6.07) is -1.03. The van der Waals surface area contributed by atoms with E-state index in [2.05, 4.69) is 55.6 Å². The highest BCUT2D eigenvalue weighted by atomic mass is 16.8. The third-order valence-corrected chi connectivity index (χ3v) is 11.8. The highest BCUT2D eigenvalue weighted by Crippen LogP contribution is 2.33. The second-order valence-corrected chi connectivity index (χ2v) is 17.2. The van der Waals surface area contributed by atoms with E-state index in [1.54, 1.807) is 12.2 Å². The number of rotatable bonds is 31. The van der Waals surface area contributed by atoms with Crippen LogP contribution in [-0.2, 0) is 33.2 Å². The number of carbonyl (C=O) groups is 1. The minimum Gasteiger partial charge on any atom is -0.394 e. The van der Waals surface area contributed by atoms with Gasteiger partial charge in [-0.2, -0.15) is 0 Å². The van der Waals surface area contributed by atoms with E-state index in [4.69, 9.17) is 28.4 Å². The zero-order valence-electron chi connectivity index (χ0n) is 39.5. The molecular formula is C49H81NO18. The number of carbonyl (C=O) groups excluding carboxylic acids is 1. The van der Waals surface area contributed by atoms with Gasteiger partial charge in [-0.15, -0.1) is 0 Å².